The molecule has 2 aromatic heterocycles. The zero-order chi connectivity index (χ0) is 17.5. The number of piperidine rings is 1. The van der Waals surface area contributed by atoms with E-state index >= 15 is 0 Å². The molecule has 0 spiro atoms. The molecular weight excluding hydrogens is 318 g/mol. The van der Waals surface area contributed by atoms with E-state index in [2.05, 4.69) is 20.9 Å². The van der Waals surface area contributed by atoms with Crippen LogP contribution in [0.2, 0.25) is 0 Å². The number of aromatic nitrogens is 2. The van der Waals surface area contributed by atoms with Crippen molar-refractivity contribution in [3.8, 4) is 6.07 Å². The van der Waals surface area contributed by atoms with Gasteiger partial charge >= 0.3 is 0 Å². The largest absolute Gasteiger partial charge is 0.467 e. The molecule has 7 nitrogen and oxygen atoms in total. The fourth-order valence-corrected chi connectivity index (χ4v) is 3.12. The monoisotopic (exact) mass is 339 g/mol. The normalized spacial score (nSPS) is 17.1. The van der Waals surface area contributed by atoms with E-state index in [-0.39, 0.29) is 11.8 Å². The standard InChI is InChI=1S/C18H21N5O2/c19-7-3-11-22(14-16-6-2-12-25-16)17(24)15-5-1-10-23(13-15)18-20-8-4-9-21-18/h2,4,6,8-9,12,15H,1,3,5,10-11,13-14H2. The third kappa shape index (κ3) is 4.35. The van der Waals surface area contributed by atoms with Crippen LogP contribution in [0.3, 0.4) is 0 Å². The second-order valence-electron chi connectivity index (χ2n) is 6.08. The van der Waals surface area contributed by atoms with Crippen molar-refractivity contribution in [1.82, 2.24) is 14.9 Å². The molecule has 0 N–H and O–H groups in total. The molecule has 0 aromatic carbocycles. The van der Waals surface area contributed by atoms with Crippen LogP contribution in [0, 0.1) is 17.2 Å². The molecule has 3 heterocycles. The van der Waals surface area contributed by atoms with Gasteiger partial charge in [-0.2, -0.15) is 5.26 Å². The number of amides is 1. The zero-order valence-corrected chi connectivity index (χ0v) is 14.0. The molecule has 0 saturated carbocycles. The molecule has 7 heteroatoms. The van der Waals surface area contributed by atoms with Crippen molar-refractivity contribution >= 4 is 11.9 Å². The summed E-state index contributed by atoms with van der Waals surface area (Å²) in [5.41, 5.74) is 0. The highest BCUT2D eigenvalue weighted by Gasteiger charge is 2.30. The number of carbonyl (C=O) groups excluding carboxylic acids is 1. The summed E-state index contributed by atoms with van der Waals surface area (Å²) in [7, 11) is 0. The van der Waals surface area contributed by atoms with Gasteiger partial charge in [-0.3, -0.25) is 4.79 Å². The maximum Gasteiger partial charge on any atom is 0.227 e. The lowest BCUT2D eigenvalue weighted by Crippen LogP contribution is -2.45. The summed E-state index contributed by atoms with van der Waals surface area (Å²) < 4.78 is 5.36. The Kier molecular flexibility index (Phi) is 5.62. The lowest BCUT2D eigenvalue weighted by Gasteiger charge is -2.34. The predicted octanol–water partition coefficient (Wildman–Crippen LogP) is 2.23. The van der Waals surface area contributed by atoms with Crippen molar-refractivity contribution in [3.05, 3.63) is 42.6 Å². The topological polar surface area (TPSA) is 86.3 Å². The van der Waals surface area contributed by atoms with Crippen molar-refractivity contribution in [2.75, 3.05) is 24.5 Å². The van der Waals surface area contributed by atoms with Crippen LogP contribution < -0.4 is 4.90 Å². The number of furan rings is 1. The van der Waals surface area contributed by atoms with Crippen LogP contribution in [0.4, 0.5) is 5.95 Å². The maximum absolute atomic E-state index is 13.0. The van der Waals surface area contributed by atoms with Gasteiger partial charge < -0.3 is 14.2 Å². The molecule has 0 radical (unpaired) electrons. The second kappa shape index (κ2) is 8.29. The molecule has 3 rings (SSSR count). The van der Waals surface area contributed by atoms with Gasteiger partial charge in [0.05, 0.1) is 31.2 Å². The summed E-state index contributed by atoms with van der Waals surface area (Å²) in [6.07, 6.45) is 7.08. The Labute approximate surface area is 146 Å². The smallest absolute Gasteiger partial charge is 0.227 e. The second-order valence-corrected chi connectivity index (χ2v) is 6.08. The Balaban J connectivity index is 1.68. The van der Waals surface area contributed by atoms with Crippen molar-refractivity contribution < 1.29 is 9.21 Å². The maximum atomic E-state index is 13.0. The Morgan fingerprint density at radius 2 is 2.24 bits per heavy atom. The van der Waals surface area contributed by atoms with Crippen LogP contribution in [0.15, 0.2) is 41.3 Å². The lowest BCUT2D eigenvalue weighted by molar-refractivity contribution is -0.136. The van der Waals surface area contributed by atoms with E-state index in [4.69, 9.17) is 9.68 Å². The molecule has 130 valence electrons. The van der Waals surface area contributed by atoms with Gasteiger partial charge in [0.1, 0.15) is 5.76 Å². The molecule has 1 aliphatic heterocycles. The van der Waals surface area contributed by atoms with Gasteiger partial charge in [0.2, 0.25) is 11.9 Å². The summed E-state index contributed by atoms with van der Waals surface area (Å²) in [6, 6.07) is 7.54. The SMILES string of the molecule is N#CCCN(Cc1ccco1)C(=O)C1CCCN(c2ncccn2)C1. The highest BCUT2D eigenvalue weighted by Crippen LogP contribution is 2.22. The number of nitriles is 1. The molecule has 1 unspecified atom stereocenters. The van der Waals surface area contributed by atoms with Gasteiger partial charge in [-0.15, -0.1) is 0 Å². The fourth-order valence-electron chi connectivity index (χ4n) is 3.12. The van der Waals surface area contributed by atoms with E-state index in [0.29, 0.717) is 32.0 Å². The van der Waals surface area contributed by atoms with Crippen molar-refractivity contribution in [2.24, 2.45) is 5.92 Å². The van der Waals surface area contributed by atoms with Crippen LogP contribution in [0.1, 0.15) is 25.0 Å². The minimum Gasteiger partial charge on any atom is -0.467 e. The van der Waals surface area contributed by atoms with Crippen LogP contribution in [-0.2, 0) is 11.3 Å². The van der Waals surface area contributed by atoms with Gasteiger partial charge in [0.15, 0.2) is 0 Å². The average molecular weight is 339 g/mol. The fraction of sp³-hybridized carbons (Fsp3) is 0.444. The first-order valence-electron chi connectivity index (χ1n) is 8.48. The third-order valence-electron chi connectivity index (χ3n) is 4.34. The Hall–Kier alpha value is -2.88. The number of nitrogens with zero attached hydrogens (tertiary/aromatic N) is 5. The molecule has 25 heavy (non-hydrogen) atoms. The van der Waals surface area contributed by atoms with Gasteiger partial charge in [0.25, 0.3) is 0 Å². The van der Waals surface area contributed by atoms with E-state index in [1.54, 1.807) is 35.7 Å². The summed E-state index contributed by atoms with van der Waals surface area (Å²) >= 11 is 0. The summed E-state index contributed by atoms with van der Waals surface area (Å²) in [4.78, 5) is 25.4. The van der Waals surface area contributed by atoms with E-state index in [0.717, 1.165) is 25.1 Å². The van der Waals surface area contributed by atoms with E-state index in [9.17, 15) is 4.79 Å². The van der Waals surface area contributed by atoms with Crippen molar-refractivity contribution in [3.63, 3.8) is 0 Å². The minimum absolute atomic E-state index is 0.0623. The number of carbonyl (C=O) groups is 1. The van der Waals surface area contributed by atoms with Gasteiger partial charge in [-0.25, -0.2) is 9.97 Å². The molecule has 1 atom stereocenters. The number of hydrogen-bond acceptors (Lipinski definition) is 6. The third-order valence-corrected chi connectivity index (χ3v) is 4.34. The van der Waals surface area contributed by atoms with Gasteiger partial charge in [0, 0.05) is 32.0 Å². The van der Waals surface area contributed by atoms with Crippen LogP contribution in [0.5, 0.6) is 0 Å². The molecule has 1 fully saturated rings. The van der Waals surface area contributed by atoms with Crippen LogP contribution in [-0.4, -0.2) is 40.4 Å². The zero-order valence-electron chi connectivity index (χ0n) is 14.0. The van der Waals surface area contributed by atoms with Crippen molar-refractivity contribution in [2.45, 2.75) is 25.8 Å². The first-order chi connectivity index (χ1) is 12.3. The molecule has 1 aliphatic rings. The first-order valence-corrected chi connectivity index (χ1v) is 8.48. The van der Waals surface area contributed by atoms with E-state index < -0.39 is 0 Å². The quantitative estimate of drug-likeness (QED) is 0.802. The van der Waals surface area contributed by atoms with E-state index in [1.807, 2.05) is 6.07 Å². The van der Waals surface area contributed by atoms with Gasteiger partial charge in [-0.1, -0.05) is 0 Å². The summed E-state index contributed by atoms with van der Waals surface area (Å²) in [5, 5.41) is 8.89. The Bertz CT molecular complexity index is 711. The summed E-state index contributed by atoms with van der Waals surface area (Å²) in [6.45, 7) is 2.26. The van der Waals surface area contributed by atoms with Crippen LogP contribution >= 0.6 is 0 Å². The molecule has 0 aliphatic carbocycles. The predicted molar refractivity (Wildman–Crippen MR) is 91.3 cm³/mol. The summed E-state index contributed by atoms with van der Waals surface area (Å²) in [5.74, 6) is 1.33. The first kappa shape index (κ1) is 17.0. The molecule has 2 aromatic rings. The van der Waals surface area contributed by atoms with Crippen LogP contribution in [0.25, 0.3) is 0 Å². The highest BCUT2D eigenvalue weighted by atomic mass is 16.3. The number of anilines is 1. The molecular formula is C18H21N5O2. The minimum atomic E-state index is -0.119. The molecule has 1 saturated heterocycles. The Morgan fingerprint density at radius 3 is 2.96 bits per heavy atom. The van der Waals surface area contributed by atoms with Crippen molar-refractivity contribution in [1.29, 1.82) is 5.26 Å². The molecule has 0 bridgehead atoms. The number of hydrogen-bond donors (Lipinski definition) is 0. The van der Waals surface area contributed by atoms with E-state index in [1.165, 1.54) is 0 Å². The average Bonchev–Trinajstić information content (AvgIpc) is 3.18. The molecule has 1 amide bonds. The lowest BCUT2D eigenvalue weighted by atomic mass is 9.96. The number of rotatable bonds is 6. The highest BCUT2D eigenvalue weighted by molar-refractivity contribution is 5.79. The van der Waals surface area contributed by atoms with Gasteiger partial charge in [-0.05, 0) is 31.0 Å². The Morgan fingerprint density at radius 1 is 1.40 bits per heavy atom.